The molecule has 0 aromatic carbocycles. The molecule has 0 amide bonds. The minimum atomic E-state index is -0.522. The van der Waals surface area contributed by atoms with Gasteiger partial charge < -0.3 is 0 Å². The van der Waals surface area contributed by atoms with E-state index in [1.807, 2.05) is 0 Å². The van der Waals surface area contributed by atoms with E-state index >= 15 is 0 Å². The molecular weight excluding hydrogens is 153 g/mol. The number of alkyl halides is 1. The lowest BCUT2D eigenvalue weighted by Gasteiger charge is -2.31. The van der Waals surface area contributed by atoms with Gasteiger partial charge in [-0.15, -0.1) is 0 Å². The Balaban J connectivity index is 1.88. The van der Waals surface area contributed by atoms with Crippen molar-refractivity contribution in [1.82, 2.24) is 4.90 Å². The highest BCUT2D eigenvalue weighted by molar-refractivity contribution is 5.10. The fourth-order valence-electron chi connectivity index (χ4n) is 3.40. The summed E-state index contributed by atoms with van der Waals surface area (Å²) >= 11 is 0. The SMILES string of the molecule is FC1CN2CCCC2(C2CC2)C1. The zero-order valence-corrected chi connectivity index (χ0v) is 7.43. The summed E-state index contributed by atoms with van der Waals surface area (Å²) in [6, 6.07) is 0. The molecule has 0 N–H and O–H groups in total. The van der Waals surface area contributed by atoms with E-state index in [2.05, 4.69) is 4.90 Å². The topological polar surface area (TPSA) is 3.24 Å². The predicted octanol–water partition coefficient (Wildman–Crippen LogP) is 1.97. The Bertz CT molecular complexity index is 202. The van der Waals surface area contributed by atoms with Gasteiger partial charge in [-0.25, -0.2) is 4.39 Å². The van der Waals surface area contributed by atoms with Crippen LogP contribution in [0.5, 0.6) is 0 Å². The summed E-state index contributed by atoms with van der Waals surface area (Å²) in [4.78, 5) is 2.44. The summed E-state index contributed by atoms with van der Waals surface area (Å²) in [7, 11) is 0. The van der Waals surface area contributed by atoms with Gasteiger partial charge in [-0.3, -0.25) is 4.90 Å². The number of fused-ring (bicyclic) bond motifs is 1. The van der Waals surface area contributed by atoms with Gasteiger partial charge in [0.1, 0.15) is 6.17 Å². The molecule has 2 heterocycles. The van der Waals surface area contributed by atoms with Crippen LogP contribution in [-0.2, 0) is 0 Å². The maximum atomic E-state index is 13.2. The number of rotatable bonds is 1. The van der Waals surface area contributed by atoms with Crippen molar-refractivity contribution in [2.45, 2.75) is 43.8 Å². The maximum absolute atomic E-state index is 13.2. The van der Waals surface area contributed by atoms with Crippen LogP contribution >= 0.6 is 0 Å². The van der Waals surface area contributed by atoms with Crippen molar-refractivity contribution in [1.29, 1.82) is 0 Å². The van der Waals surface area contributed by atoms with Crippen molar-refractivity contribution in [2.75, 3.05) is 13.1 Å². The van der Waals surface area contributed by atoms with Crippen LogP contribution in [0.25, 0.3) is 0 Å². The van der Waals surface area contributed by atoms with Crippen LogP contribution in [0, 0.1) is 5.92 Å². The summed E-state index contributed by atoms with van der Waals surface area (Å²) in [5.41, 5.74) is 0.347. The van der Waals surface area contributed by atoms with Crippen LogP contribution in [0.4, 0.5) is 4.39 Å². The van der Waals surface area contributed by atoms with Gasteiger partial charge in [0.15, 0.2) is 0 Å². The molecule has 2 saturated heterocycles. The Morgan fingerprint density at radius 2 is 2.17 bits per heavy atom. The predicted molar refractivity (Wildman–Crippen MR) is 45.8 cm³/mol. The van der Waals surface area contributed by atoms with E-state index in [9.17, 15) is 4.39 Å². The van der Waals surface area contributed by atoms with Crippen molar-refractivity contribution in [2.24, 2.45) is 5.92 Å². The first-order valence-electron chi connectivity index (χ1n) is 5.20. The summed E-state index contributed by atoms with van der Waals surface area (Å²) in [5, 5.41) is 0. The second-order valence-electron chi connectivity index (χ2n) is 4.73. The van der Waals surface area contributed by atoms with E-state index in [-0.39, 0.29) is 0 Å². The zero-order valence-electron chi connectivity index (χ0n) is 7.43. The smallest absolute Gasteiger partial charge is 0.115 e. The number of halogens is 1. The van der Waals surface area contributed by atoms with Gasteiger partial charge in [0.2, 0.25) is 0 Å². The Labute approximate surface area is 72.9 Å². The average molecular weight is 169 g/mol. The van der Waals surface area contributed by atoms with E-state index in [0.717, 1.165) is 25.4 Å². The van der Waals surface area contributed by atoms with Gasteiger partial charge >= 0.3 is 0 Å². The molecule has 68 valence electrons. The van der Waals surface area contributed by atoms with Gasteiger partial charge in [0.25, 0.3) is 0 Å². The van der Waals surface area contributed by atoms with Crippen LogP contribution in [0.3, 0.4) is 0 Å². The maximum Gasteiger partial charge on any atom is 0.115 e. The molecule has 3 rings (SSSR count). The minimum Gasteiger partial charge on any atom is -0.294 e. The summed E-state index contributed by atoms with van der Waals surface area (Å²) in [5.74, 6) is 0.862. The molecule has 3 fully saturated rings. The van der Waals surface area contributed by atoms with Crippen molar-refractivity contribution < 1.29 is 4.39 Å². The second kappa shape index (κ2) is 2.22. The molecule has 1 nitrogen and oxygen atoms in total. The van der Waals surface area contributed by atoms with Crippen LogP contribution in [-0.4, -0.2) is 29.7 Å². The fourth-order valence-corrected chi connectivity index (χ4v) is 3.40. The van der Waals surface area contributed by atoms with Crippen molar-refractivity contribution in [3.8, 4) is 0 Å². The molecule has 2 heteroatoms. The number of hydrogen-bond acceptors (Lipinski definition) is 1. The Morgan fingerprint density at radius 3 is 2.92 bits per heavy atom. The molecule has 12 heavy (non-hydrogen) atoms. The molecule has 2 atom stereocenters. The van der Waals surface area contributed by atoms with Gasteiger partial charge in [-0.1, -0.05) is 0 Å². The molecule has 0 aromatic heterocycles. The molecule has 0 aromatic rings. The van der Waals surface area contributed by atoms with Crippen LogP contribution in [0.2, 0.25) is 0 Å². The molecular formula is C10H16FN. The Hall–Kier alpha value is -0.110. The number of nitrogens with zero attached hydrogens (tertiary/aromatic N) is 1. The van der Waals surface area contributed by atoms with E-state index < -0.39 is 6.17 Å². The standard InChI is InChI=1S/C10H16FN/c11-9-6-10(8-2-3-8)4-1-5-12(10)7-9/h8-9H,1-7H2. The van der Waals surface area contributed by atoms with Gasteiger partial charge in [0, 0.05) is 12.1 Å². The van der Waals surface area contributed by atoms with Crippen molar-refractivity contribution in [3.63, 3.8) is 0 Å². The minimum absolute atomic E-state index is 0.347. The lowest BCUT2D eigenvalue weighted by Crippen LogP contribution is -2.40. The van der Waals surface area contributed by atoms with Crippen LogP contribution in [0.15, 0.2) is 0 Å². The lowest BCUT2D eigenvalue weighted by molar-refractivity contribution is 0.167. The highest BCUT2D eigenvalue weighted by Crippen LogP contribution is 2.54. The van der Waals surface area contributed by atoms with E-state index in [0.29, 0.717) is 5.54 Å². The summed E-state index contributed by atoms with van der Waals surface area (Å²) in [6.07, 6.45) is 5.64. The Morgan fingerprint density at radius 1 is 1.33 bits per heavy atom. The molecule has 0 radical (unpaired) electrons. The van der Waals surface area contributed by atoms with E-state index in [1.54, 1.807) is 0 Å². The monoisotopic (exact) mass is 169 g/mol. The third kappa shape index (κ3) is 0.819. The fraction of sp³-hybridized carbons (Fsp3) is 1.00. The van der Waals surface area contributed by atoms with Gasteiger partial charge in [-0.05, 0) is 44.6 Å². The third-order valence-electron chi connectivity index (χ3n) is 4.00. The van der Waals surface area contributed by atoms with Gasteiger partial charge in [0.05, 0.1) is 0 Å². The molecule has 0 spiro atoms. The van der Waals surface area contributed by atoms with Gasteiger partial charge in [-0.2, -0.15) is 0 Å². The van der Waals surface area contributed by atoms with Crippen LogP contribution in [0.1, 0.15) is 32.1 Å². The lowest BCUT2D eigenvalue weighted by atomic mass is 9.88. The molecule has 3 aliphatic rings. The summed E-state index contributed by atoms with van der Waals surface area (Å²) in [6.45, 7) is 1.90. The van der Waals surface area contributed by atoms with Crippen LogP contribution < -0.4 is 0 Å². The first-order valence-corrected chi connectivity index (χ1v) is 5.20. The summed E-state index contributed by atoms with van der Waals surface area (Å²) < 4.78 is 13.2. The second-order valence-corrected chi connectivity index (χ2v) is 4.73. The molecule has 2 unspecified atom stereocenters. The molecule has 1 aliphatic carbocycles. The molecule has 2 aliphatic heterocycles. The Kier molecular flexibility index (Phi) is 1.35. The first-order chi connectivity index (χ1) is 5.81. The van der Waals surface area contributed by atoms with E-state index in [4.69, 9.17) is 0 Å². The zero-order chi connectivity index (χ0) is 8.18. The highest BCUT2D eigenvalue weighted by atomic mass is 19.1. The highest BCUT2D eigenvalue weighted by Gasteiger charge is 2.56. The third-order valence-corrected chi connectivity index (χ3v) is 4.00. The average Bonchev–Trinajstić information content (AvgIpc) is 2.71. The first kappa shape index (κ1) is 7.31. The van der Waals surface area contributed by atoms with Crippen molar-refractivity contribution >= 4 is 0 Å². The largest absolute Gasteiger partial charge is 0.294 e. The molecule has 1 saturated carbocycles. The van der Waals surface area contributed by atoms with E-state index in [1.165, 1.54) is 25.7 Å². The number of hydrogen-bond donors (Lipinski definition) is 0. The molecule has 0 bridgehead atoms. The quantitative estimate of drug-likeness (QED) is 0.580. The van der Waals surface area contributed by atoms with Crippen molar-refractivity contribution in [3.05, 3.63) is 0 Å². The normalized spacial score (nSPS) is 48.2.